The fourth-order valence-corrected chi connectivity index (χ4v) is 6.47. The SMILES string of the molecule is CC1(C)O[C@H]2[C@H](O1)[C@@H](O[Si](C)(C)C(C)(C)C)C[C@H](O)[C@H](O)C[C@@H]2O[Si](C)(C)C(C)(C)C. The molecular formula is C23H48O6Si2. The molecule has 2 rings (SSSR count). The van der Waals surface area contributed by atoms with Gasteiger partial charge >= 0.3 is 0 Å². The second-order valence-electron chi connectivity index (χ2n) is 13.0. The minimum Gasteiger partial charge on any atom is -0.411 e. The predicted octanol–water partition coefficient (Wildman–Crippen LogP) is 4.80. The fourth-order valence-electron chi connectivity index (χ4n) is 3.79. The first-order chi connectivity index (χ1) is 13.7. The fraction of sp³-hybridized carbons (Fsp3) is 1.00. The summed E-state index contributed by atoms with van der Waals surface area (Å²) >= 11 is 0. The number of rotatable bonds is 4. The smallest absolute Gasteiger partial charge is 0.192 e. The van der Waals surface area contributed by atoms with E-state index in [1.165, 1.54) is 0 Å². The monoisotopic (exact) mass is 476 g/mol. The molecule has 0 radical (unpaired) electrons. The Morgan fingerprint density at radius 3 is 1.26 bits per heavy atom. The van der Waals surface area contributed by atoms with Gasteiger partial charge in [0.05, 0.1) is 24.4 Å². The van der Waals surface area contributed by atoms with Gasteiger partial charge in [-0.3, -0.25) is 0 Å². The molecule has 1 aliphatic heterocycles. The summed E-state index contributed by atoms with van der Waals surface area (Å²) in [6.45, 7) is 25.8. The zero-order valence-corrected chi connectivity index (χ0v) is 23.9. The lowest BCUT2D eigenvalue weighted by atomic mass is 9.89. The highest BCUT2D eigenvalue weighted by Crippen LogP contribution is 2.45. The van der Waals surface area contributed by atoms with Crippen LogP contribution in [0.2, 0.25) is 36.3 Å². The largest absolute Gasteiger partial charge is 0.411 e. The van der Waals surface area contributed by atoms with Gasteiger partial charge < -0.3 is 28.5 Å². The number of ether oxygens (including phenoxy) is 2. The van der Waals surface area contributed by atoms with E-state index in [0.717, 1.165) is 0 Å². The van der Waals surface area contributed by atoms with E-state index < -0.39 is 34.6 Å². The Morgan fingerprint density at radius 2 is 1.00 bits per heavy atom. The average molecular weight is 477 g/mol. The van der Waals surface area contributed by atoms with E-state index in [-0.39, 0.29) is 34.5 Å². The van der Waals surface area contributed by atoms with Crippen LogP contribution in [0.15, 0.2) is 0 Å². The topological polar surface area (TPSA) is 77.4 Å². The highest BCUT2D eigenvalue weighted by atomic mass is 28.4. The number of aliphatic hydroxyl groups excluding tert-OH is 2. The minimum atomic E-state index is -2.15. The first kappa shape index (κ1) is 27.4. The number of fused-ring (bicyclic) bond motifs is 1. The summed E-state index contributed by atoms with van der Waals surface area (Å²) < 4.78 is 26.3. The Bertz CT molecular complexity index is 571. The summed E-state index contributed by atoms with van der Waals surface area (Å²) in [4.78, 5) is 0. The van der Waals surface area contributed by atoms with Crippen LogP contribution in [0.3, 0.4) is 0 Å². The number of hydrogen-bond donors (Lipinski definition) is 2. The van der Waals surface area contributed by atoms with E-state index in [1.54, 1.807) is 0 Å². The van der Waals surface area contributed by atoms with Crippen LogP contribution in [0.1, 0.15) is 68.2 Å². The second-order valence-corrected chi connectivity index (χ2v) is 22.5. The van der Waals surface area contributed by atoms with Crippen molar-refractivity contribution in [2.45, 2.75) is 147 Å². The molecule has 2 N–H and O–H groups in total. The molecule has 0 spiro atoms. The van der Waals surface area contributed by atoms with Crippen LogP contribution >= 0.6 is 0 Å². The molecule has 1 saturated heterocycles. The van der Waals surface area contributed by atoms with Gasteiger partial charge in [-0.2, -0.15) is 0 Å². The molecule has 0 aromatic rings. The van der Waals surface area contributed by atoms with E-state index >= 15 is 0 Å². The number of hydrogen-bond acceptors (Lipinski definition) is 6. The summed E-state index contributed by atoms with van der Waals surface area (Å²) in [6, 6.07) is 0. The molecule has 0 unspecified atom stereocenters. The lowest BCUT2D eigenvalue weighted by Crippen LogP contribution is -2.57. The van der Waals surface area contributed by atoms with Crippen LogP contribution in [0.5, 0.6) is 0 Å². The standard InChI is InChI=1S/C23H48O6Si2/c1-21(2,3)30(9,10)28-17-13-15(24)16(25)14-18(29-31(11,12)22(4,5)6)20-19(17)26-23(7,8)27-20/h15-20,24-25H,13-14H2,1-12H3/t15-,16+,17-,18-,19+,20+/m0/s1. The van der Waals surface area contributed by atoms with Crippen LogP contribution in [-0.2, 0) is 18.3 Å². The molecule has 2 aliphatic rings. The van der Waals surface area contributed by atoms with E-state index in [9.17, 15) is 10.2 Å². The van der Waals surface area contributed by atoms with Crippen molar-refractivity contribution in [1.82, 2.24) is 0 Å². The molecule has 6 atom stereocenters. The lowest BCUT2D eigenvalue weighted by molar-refractivity contribution is -0.159. The molecule has 2 fully saturated rings. The third-order valence-electron chi connectivity index (χ3n) is 7.79. The average Bonchev–Trinajstić information content (AvgIpc) is 2.85. The van der Waals surface area contributed by atoms with Crippen LogP contribution in [0, 0.1) is 0 Å². The van der Waals surface area contributed by atoms with E-state index in [4.69, 9.17) is 18.3 Å². The number of aliphatic hydroxyl groups is 2. The minimum absolute atomic E-state index is 0.0143. The quantitative estimate of drug-likeness (QED) is 0.567. The van der Waals surface area contributed by atoms with Crippen molar-refractivity contribution < 1.29 is 28.5 Å². The van der Waals surface area contributed by atoms with Crippen molar-refractivity contribution in [2.75, 3.05) is 0 Å². The lowest BCUT2D eigenvalue weighted by Gasteiger charge is -2.46. The molecular weight excluding hydrogens is 428 g/mol. The van der Waals surface area contributed by atoms with Crippen molar-refractivity contribution in [3.05, 3.63) is 0 Å². The highest BCUT2D eigenvalue weighted by Gasteiger charge is 2.55. The summed E-state index contributed by atoms with van der Waals surface area (Å²) in [5, 5.41) is 21.7. The summed E-state index contributed by atoms with van der Waals surface area (Å²) in [7, 11) is -4.30. The summed E-state index contributed by atoms with van der Waals surface area (Å²) in [5.41, 5.74) is 0. The van der Waals surface area contributed by atoms with Crippen molar-refractivity contribution >= 4 is 16.6 Å². The van der Waals surface area contributed by atoms with E-state index in [2.05, 4.69) is 67.7 Å². The van der Waals surface area contributed by atoms with Crippen LogP contribution in [0.4, 0.5) is 0 Å². The van der Waals surface area contributed by atoms with E-state index in [1.807, 2.05) is 13.8 Å². The Kier molecular flexibility index (Phi) is 7.76. The zero-order chi connectivity index (χ0) is 24.2. The van der Waals surface area contributed by atoms with Crippen molar-refractivity contribution in [2.24, 2.45) is 0 Å². The maximum Gasteiger partial charge on any atom is 0.192 e. The normalized spacial score (nSPS) is 35.4. The van der Waals surface area contributed by atoms with Crippen LogP contribution in [-0.4, -0.2) is 69.3 Å². The van der Waals surface area contributed by atoms with Crippen molar-refractivity contribution in [1.29, 1.82) is 0 Å². The molecule has 1 aliphatic carbocycles. The van der Waals surface area contributed by atoms with E-state index in [0.29, 0.717) is 12.8 Å². The molecule has 184 valence electrons. The molecule has 1 saturated carbocycles. The van der Waals surface area contributed by atoms with Crippen LogP contribution in [0.25, 0.3) is 0 Å². The second kappa shape index (κ2) is 8.76. The van der Waals surface area contributed by atoms with Gasteiger partial charge in [0.25, 0.3) is 0 Å². The molecule has 8 heteroatoms. The van der Waals surface area contributed by atoms with Crippen LogP contribution < -0.4 is 0 Å². The Balaban J connectivity index is 2.44. The molecule has 0 amide bonds. The van der Waals surface area contributed by atoms with Gasteiger partial charge in [0.1, 0.15) is 12.2 Å². The van der Waals surface area contributed by atoms with Gasteiger partial charge in [-0.15, -0.1) is 0 Å². The molecule has 6 nitrogen and oxygen atoms in total. The van der Waals surface area contributed by atoms with Crippen molar-refractivity contribution in [3.63, 3.8) is 0 Å². The third-order valence-corrected chi connectivity index (χ3v) is 16.8. The Hall–Kier alpha value is 0.194. The van der Waals surface area contributed by atoms with Gasteiger partial charge in [-0.05, 0) is 50.1 Å². The first-order valence-electron chi connectivity index (χ1n) is 11.7. The van der Waals surface area contributed by atoms with Gasteiger partial charge in [0.15, 0.2) is 22.4 Å². The highest BCUT2D eigenvalue weighted by molar-refractivity contribution is 6.74. The van der Waals surface area contributed by atoms with Crippen molar-refractivity contribution in [3.8, 4) is 0 Å². The zero-order valence-electron chi connectivity index (χ0n) is 21.9. The summed E-state index contributed by atoms with van der Waals surface area (Å²) in [5.74, 6) is -0.778. The van der Waals surface area contributed by atoms with Gasteiger partial charge in [-0.1, -0.05) is 41.5 Å². The first-order valence-corrected chi connectivity index (χ1v) is 17.6. The Labute approximate surface area is 192 Å². The third kappa shape index (κ3) is 6.20. The molecule has 31 heavy (non-hydrogen) atoms. The van der Waals surface area contributed by atoms with Gasteiger partial charge in [0, 0.05) is 12.8 Å². The summed E-state index contributed by atoms with van der Waals surface area (Å²) in [6.07, 6.45) is -2.61. The maximum absolute atomic E-state index is 10.8. The molecule has 0 bridgehead atoms. The predicted molar refractivity (Wildman–Crippen MR) is 129 cm³/mol. The molecule has 1 heterocycles. The maximum atomic E-state index is 10.8. The van der Waals surface area contributed by atoms with Gasteiger partial charge in [0.2, 0.25) is 0 Å². The Morgan fingerprint density at radius 1 is 0.710 bits per heavy atom. The molecule has 0 aromatic heterocycles. The molecule has 0 aromatic carbocycles. The van der Waals surface area contributed by atoms with Gasteiger partial charge in [-0.25, -0.2) is 0 Å².